The van der Waals surface area contributed by atoms with E-state index >= 15 is 0 Å². The van der Waals surface area contributed by atoms with Crippen molar-refractivity contribution in [2.75, 3.05) is 6.54 Å². The molecule has 1 heterocycles. The zero-order chi connectivity index (χ0) is 9.68. The van der Waals surface area contributed by atoms with E-state index in [0.29, 0.717) is 13.0 Å². The molecule has 1 unspecified atom stereocenters. The normalized spacial score (nSPS) is 23.4. The zero-order valence-corrected chi connectivity index (χ0v) is 7.18. The number of carboxylic acid groups (broad SMARTS) is 1. The van der Waals surface area contributed by atoms with Gasteiger partial charge in [-0.2, -0.15) is 0 Å². The Morgan fingerprint density at radius 3 is 2.85 bits per heavy atom. The Labute approximate surface area is 75.4 Å². The molecule has 0 bridgehead atoms. The second-order valence-corrected chi connectivity index (χ2v) is 2.93. The molecule has 1 N–H and O–H groups in total. The molecule has 0 saturated carbocycles. The van der Waals surface area contributed by atoms with Gasteiger partial charge in [0, 0.05) is 13.0 Å². The maximum absolute atomic E-state index is 10.3. The molecule has 1 aliphatic heterocycles. The lowest BCUT2D eigenvalue weighted by atomic mass is 10.2. The van der Waals surface area contributed by atoms with Crippen molar-refractivity contribution in [1.82, 2.24) is 5.01 Å². The molecule has 6 heteroatoms. The van der Waals surface area contributed by atoms with Gasteiger partial charge in [0.15, 0.2) is 6.23 Å². The van der Waals surface area contributed by atoms with Gasteiger partial charge in [-0.15, -0.1) is 4.91 Å². The summed E-state index contributed by atoms with van der Waals surface area (Å²) in [5, 5.41) is 12.3. The maximum Gasteiger partial charge on any atom is 0.507 e. The first-order valence-electron chi connectivity index (χ1n) is 4.23. The van der Waals surface area contributed by atoms with Crippen LogP contribution in [-0.2, 0) is 4.74 Å². The van der Waals surface area contributed by atoms with Crippen LogP contribution in [0.2, 0.25) is 0 Å². The minimum atomic E-state index is -1.36. The smallest absolute Gasteiger partial charge is 0.450 e. The fourth-order valence-corrected chi connectivity index (χ4v) is 1.39. The lowest BCUT2D eigenvalue weighted by Gasteiger charge is -2.21. The second-order valence-electron chi connectivity index (χ2n) is 2.93. The van der Waals surface area contributed by atoms with Crippen molar-refractivity contribution in [3.05, 3.63) is 4.91 Å². The Bertz CT molecular complexity index is 197. The highest BCUT2D eigenvalue weighted by atomic mass is 16.7. The molecule has 1 fully saturated rings. The summed E-state index contributed by atoms with van der Waals surface area (Å²) in [5.74, 6) is 0. The van der Waals surface area contributed by atoms with Crippen LogP contribution in [-0.4, -0.2) is 29.0 Å². The largest absolute Gasteiger partial charge is 0.507 e. The van der Waals surface area contributed by atoms with E-state index in [0.717, 1.165) is 24.3 Å². The van der Waals surface area contributed by atoms with E-state index in [1.165, 1.54) is 0 Å². The molecule has 0 radical (unpaired) electrons. The topological polar surface area (TPSA) is 79.2 Å². The lowest BCUT2D eigenvalue weighted by Crippen LogP contribution is -2.33. The summed E-state index contributed by atoms with van der Waals surface area (Å²) in [7, 11) is 0. The van der Waals surface area contributed by atoms with Gasteiger partial charge in [-0.05, 0) is 12.8 Å². The first kappa shape index (κ1) is 9.76. The van der Waals surface area contributed by atoms with Gasteiger partial charge in [0.2, 0.25) is 0 Å². The maximum atomic E-state index is 10.3. The summed E-state index contributed by atoms with van der Waals surface area (Å²) in [6, 6.07) is 0. The Balaban J connectivity index is 2.53. The monoisotopic (exact) mass is 188 g/mol. The molecule has 0 aromatic carbocycles. The Morgan fingerprint density at radius 1 is 1.46 bits per heavy atom. The summed E-state index contributed by atoms with van der Waals surface area (Å²) in [5.41, 5.74) is 0. The fraction of sp³-hybridized carbons (Fsp3) is 0.857. The standard InChI is InChI=1S/C7H12N2O4/c10-7(11)13-6-4-2-1-3-5-9(6)8-12/h6H,1-5H2,(H,10,11). The van der Waals surface area contributed by atoms with E-state index in [9.17, 15) is 9.70 Å². The highest BCUT2D eigenvalue weighted by molar-refractivity contribution is 5.57. The Kier molecular flexibility index (Phi) is 3.48. The van der Waals surface area contributed by atoms with E-state index in [2.05, 4.69) is 10.0 Å². The molecule has 0 aromatic rings. The summed E-state index contributed by atoms with van der Waals surface area (Å²) in [4.78, 5) is 20.6. The predicted molar refractivity (Wildman–Crippen MR) is 43.9 cm³/mol. The van der Waals surface area contributed by atoms with Gasteiger partial charge in [0.05, 0.1) is 5.29 Å². The molecule has 1 saturated heterocycles. The van der Waals surface area contributed by atoms with Gasteiger partial charge in [-0.3, -0.25) is 0 Å². The van der Waals surface area contributed by atoms with Gasteiger partial charge in [0.25, 0.3) is 0 Å². The van der Waals surface area contributed by atoms with Gasteiger partial charge in [0.1, 0.15) is 0 Å². The molecule has 0 aromatic heterocycles. The van der Waals surface area contributed by atoms with Crippen molar-refractivity contribution in [3.8, 4) is 0 Å². The van der Waals surface area contributed by atoms with Crippen LogP contribution in [0.4, 0.5) is 4.79 Å². The molecular formula is C7H12N2O4. The second kappa shape index (κ2) is 4.64. The summed E-state index contributed by atoms with van der Waals surface area (Å²) < 4.78 is 4.52. The number of ether oxygens (including phenoxy) is 1. The van der Waals surface area contributed by atoms with E-state index < -0.39 is 12.4 Å². The van der Waals surface area contributed by atoms with E-state index in [1.807, 2.05) is 0 Å². The molecule has 74 valence electrons. The zero-order valence-electron chi connectivity index (χ0n) is 7.18. The van der Waals surface area contributed by atoms with Crippen LogP contribution >= 0.6 is 0 Å². The van der Waals surface area contributed by atoms with Gasteiger partial charge >= 0.3 is 6.16 Å². The van der Waals surface area contributed by atoms with Gasteiger partial charge in [-0.25, -0.2) is 9.80 Å². The van der Waals surface area contributed by atoms with Crippen molar-refractivity contribution in [2.24, 2.45) is 5.29 Å². The van der Waals surface area contributed by atoms with Crippen molar-refractivity contribution < 1.29 is 14.6 Å². The Hall–Kier alpha value is -1.33. The molecule has 0 spiro atoms. The van der Waals surface area contributed by atoms with Crippen LogP contribution < -0.4 is 0 Å². The number of hydrogen-bond donors (Lipinski definition) is 1. The van der Waals surface area contributed by atoms with Crippen LogP contribution in [0.5, 0.6) is 0 Å². The minimum absolute atomic E-state index is 0.474. The molecule has 0 amide bonds. The van der Waals surface area contributed by atoms with Crippen LogP contribution in [0, 0.1) is 4.91 Å². The molecule has 1 rings (SSSR count). The van der Waals surface area contributed by atoms with Gasteiger partial charge < -0.3 is 9.84 Å². The quantitative estimate of drug-likeness (QED) is 0.525. The lowest BCUT2D eigenvalue weighted by molar-refractivity contribution is -0.0355. The van der Waals surface area contributed by atoms with Gasteiger partial charge in [-0.1, -0.05) is 6.42 Å². The van der Waals surface area contributed by atoms with Crippen LogP contribution in [0.15, 0.2) is 5.29 Å². The van der Waals surface area contributed by atoms with E-state index in [1.54, 1.807) is 0 Å². The molecular weight excluding hydrogens is 176 g/mol. The number of nitroso groups, excluding NO2 is 1. The first-order chi connectivity index (χ1) is 6.24. The average molecular weight is 188 g/mol. The Morgan fingerprint density at radius 2 is 2.23 bits per heavy atom. The number of carbonyl (C=O) groups is 1. The molecule has 13 heavy (non-hydrogen) atoms. The van der Waals surface area contributed by atoms with Crippen molar-refractivity contribution in [1.29, 1.82) is 0 Å². The van der Waals surface area contributed by atoms with Crippen molar-refractivity contribution in [2.45, 2.75) is 31.9 Å². The minimum Gasteiger partial charge on any atom is -0.450 e. The average Bonchev–Trinajstić information content (AvgIpc) is 2.28. The predicted octanol–water partition coefficient (Wildman–Crippen LogP) is 1.56. The van der Waals surface area contributed by atoms with Crippen molar-refractivity contribution >= 4 is 6.16 Å². The third-order valence-electron chi connectivity index (χ3n) is 2.01. The summed E-state index contributed by atoms with van der Waals surface area (Å²) in [6.45, 7) is 0.474. The van der Waals surface area contributed by atoms with Crippen LogP contribution in [0.3, 0.4) is 0 Å². The van der Waals surface area contributed by atoms with Crippen LogP contribution in [0.25, 0.3) is 0 Å². The third kappa shape index (κ3) is 2.89. The van der Waals surface area contributed by atoms with Crippen molar-refractivity contribution in [3.63, 3.8) is 0 Å². The molecule has 0 aliphatic carbocycles. The molecule has 1 atom stereocenters. The van der Waals surface area contributed by atoms with E-state index in [-0.39, 0.29) is 0 Å². The number of rotatable bonds is 2. The highest BCUT2D eigenvalue weighted by Crippen LogP contribution is 2.17. The third-order valence-corrected chi connectivity index (χ3v) is 2.01. The molecule has 1 aliphatic rings. The SMILES string of the molecule is O=NN1CCCCCC1OC(=O)O. The summed E-state index contributed by atoms with van der Waals surface area (Å²) in [6.07, 6.45) is 1.18. The number of hydrogen-bond acceptors (Lipinski definition) is 4. The first-order valence-corrected chi connectivity index (χ1v) is 4.23. The van der Waals surface area contributed by atoms with Crippen LogP contribution in [0.1, 0.15) is 25.7 Å². The fourth-order valence-electron chi connectivity index (χ4n) is 1.39. The highest BCUT2D eigenvalue weighted by Gasteiger charge is 2.23. The summed E-state index contributed by atoms with van der Waals surface area (Å²) >= 11 is 0. The van der Waals surface area contributed by atoms with E-state index in [4.69, 9.17) is 5.11 Å². The molecule has 6 nitrogen and oxygen atoms in total. The number of nitrogens with zero attached hydrogens (tertiary/aromatic N) is 2.